The molecule has 5 nitrogen and oxygen atoms in total. The molecule has 5 rings (SSSR count). The van der Waals surface area contributed by atoms with Gasteiger partial charge in [0, 0.05) is 33.7 Å². The predicted octanol–water partition coefficient (Wildman–Crippen LogP) is 5.41. The summed E-state index contributed by atoms with van der Waals surface area (Å²) in [7, 11) is 0. The molecule has 4 aromatic rings. The van der Waals surface area contributed by atoms with Crippen molar-refractivity contribution in [1.29, 1.82) is 0 Å². The maximum atomic E-state index is 13.4. The first kappa shape index (κ1) is 19.5. The minimum atomic E-state index is -0.889. The summed E-state index contributed by atoms with van der Waals surface area (Å²) in [6.45, 7) is 1.64. The minimum absolute atomic E-state index is 0.213. The van der Waals surface area contributed by atoms with E-state index in [2.05, 4.69) is 4.98 Å². The van der Waals surface area contributed by atoms with Gasteiger partial charge >= 0.3 is 5.97 Å². The molecule has 0 saturated carbocycles. The van der Waals surface area contributed by atoms with Gasteiger partial charge in [0.2, 0.25) is 5.78 Å². The predicted molar refractivity (Wildman–Crippen MR) is 121 cm³/mol. The summed E-state index contributed by atoms with van der Waals surface area (Å²) < 4.78 is 5.76. The molecule has 0 aliphatic heterocycles. The van der Waals surface area contributed by atoms with E-state index >= 15 is 0 Å². The van der Waals surface area contributed by atoms with E-state index in [1.807, 2.05) is 48.5 Å². The molecule has 0 bridgehead atoms. The average molecular weight is 412 g/mol. The van der Waals surface area contributed by atoms with Gasteiger partial charge in [0.15, 0.2) is 6.10 Å². The molecule has 2 aromatic heterocycles. The summed E-state index contributed by atoms with van der Waals surface area (Å²) in [6, 6.07) is 15.3. The second-order valence-electron chi connectivity index (χ2n) is 8.15. The Morgan fingerprint density at radius 2 is 1.71 bits per heavy atom. The molecule has 0 unspecified atom stereocenters. The van der Waals surface area contributed by atoms with Crippen LogP contribution in [0, 0.1) is 0 Å². The lowest BCUT2D eigenvalue weighted by atomic mass is 9.97. The second kappa shape index (κ2) is 7.99. The molecule has 156 valence electrons. The Morgan fingerprint density at radius 1 is 0.968 bits per heavy atom. The van der Waals surface area contributed by atoms with Crippen LogP contribution >= 0.6 is 0 Å². The highest BCUT2D eigenvalue weighted by molar-refractivity contribution is 6.11. The van der Waals surface area contributed by atoms with Gasteiger partial charge in [-0.25, -0.2) is 4.79 Å². The van der Waals surface area contributed by atoms with Crippen LogP contribution in [0.4, 0.5) is 0 Å². The SMILES string of the molecule is C[C@@H](OC(=O)c1c2c(nc3ccccc13)CCCCC2)C(=O)c1c[nH]c2ccccc12. The van der Waals surface area contributed by atoms with Crippen LogP contribution in [0.3, 0.4) is 0 Å². The maximum Gasteiger partial charge on any atom is 0.339 e. The molecule has 0 spiro atoms. The normalized spacial score (nSPS) is 14.7. The van der Waals surface area contributed by atoms with Gasteiger partial charge in [0.05, 0.1) is 11.1 Å². The monoisotopic (exact) mass is 412 g/mol. The van der Waals surface area contributed by atoms with Gasteiger partial charge in [0.25, 0.3) is 0 Å². The zero-order valence-electron chi connectivity index (χ0n) is 17.5. The first-order valence-corrected chi connectivity index (χ1v) is 10.9. The van der Waals surface area contributed by atoms with E-state index in [9.17, 15) is 9.59 Å². The molecule has 31 heavy (non-hydrogen) atoms. The summed E-state index contributed by atoms with van der Waals surface area (Å²) in [5.41, 5.74) is 4.75. The zero-order chi connectivity index (χ0) is 21.4. The lowest BCUT2D eigenvalue weighted by molar-refractivity contribution is 0.0320. The van der Waals surface area contributed by atoms with Crippen LogP contribution in [0.1, 0.15) is 58.2 Å². The average Bonchev–Trinajstić information content (AvgIpc) is 3.08. The molecule has 5 heteroatoms. The van der Waals surface area contributed by atoms with Crippen molar-refractivity contribution in [2.45, 2.75) is 45.1 Å². The number of esters is 1. The number of aromatic nitrogens is 2. The summed E-state index contributed by atoms with van der Waals surface area (Å²) in [4.78, 5) is 34.4. The Balaban J connectivity index is 1.50. The first-order valence-electron chi connectivity index (χ1n) is 10.9. The van der Waals surface area contributed by atoms with Crippen LogP contribution < -0.4 is 0 Å². The number of ether oxygens (including phenoxy) is 1. The third-order valence-corrected chi connectivity index (χ3v) is 6.13. The smallest absolute Gasteiger partial charge is 0.339 e. The maximum absolute atomic E-state index is 13.4. The van der Waals surface area contributed by atoms with Crippen LogP contribution in [0.5, 0.6) is 0 Å². The number of hydrogen-bond donors (Lipinski definition) is 1. The molecule has 1 N–H and O–H groups in total. The quantitative estimate of drug-likeness (QED) is 0.276. The van der Waals surface area contributed by atoms with Crippen molar-refractivity contribution in [3.8, 4) is 0 Å². The Labute approximate surface area is 180 Å². The Kier molecular flexibility index (Phi) is 5.02. The van der Waals surface area contributed by atoms with Crippen LogP contribution in [0.2, 0.25) is 0 Å². The number of hydrogen-bond acceptors (Lipinski definition) is 4. The number of benzene rings is 2. The molecule has 0 fully saturated rings. The minimum Gasteiger partial charge on any atom is -0.451 e. The molecule has 2 heterocycles. The molecular weight excluding hydrogens is 388 g/mol. The lowest BCUT2D eigenvalue weighted by Crippen LogP contribution is -2.25. The largest absolute Gasteiger partial charge is 0.451 e. The Morgan fingerprint density at radius 3 is 2.58 bits per heavy atom. The van der Waals surface area contributed by atoms with Crippen molar-refractivity contribution >= 4 is 33.6 Å². The number of pyridine rings is 1. The number of carbonyl (C=O) groups excluding carboxylic acids is 2. The number of nitrogens with one attached hydrogen (secondary N) is 1. The van der Waals surface area contributed by atoms with Crippen LogP contribution in [-0.2, 0) is 17.6 Å². The van der Waals surface area contributed by atoms with Gasteiger partial charge in [-0.3, -0.25) is 9.78 Å². The summed E-state index contributed by atoms with van der Waals surface area (Å²) in [6.07, 6.45) is 5.69. The number of fused-ring (bicyclic) bond motifs is 3. The molecule has 1 aliphatic carbocycles. The van der Waals surface area contributed by atoms with Crippen molar-refractivity contribution < 1.29 is 14.3 Å². The first-order chi connectivity index (χ1) is 15.1. The van der Waals surface area contributed by atoms with E-state index in [0.717, 1.165) is 65.2 Å². The standard InChI is InChI=1S/C26H24N2O3/c1-16(25(29)20-15-27-21-12-7-5-9-17(20)21)31-26(30)24-18-10-3-2-4-13-22(18)28-23-14-8-6-11-19(23)24/h5-9,11-12,14-16,27H,2-4,10,13H2,1H3/t16-/m1/s1. The molecule has 1 aliphatic rings. The summed E-state index contributed by atoms with van der Waals surface area (Å²) in [5, 5.41) is 1.62. The van der Waals surface area contributed by atoms with Crippen LogP contribution in [0.15, 0.2) is 54.7 Å². The molecule has 2 aromatic carbocycles. The number of nitrogens with zero attached hydrogens (tertiary/aromatic N) is 1. The lowest BCUT2D eigenvalue weighted by Gasteiger charge is -2.17. The molecule has 0 amide bonds. The van der Waals surface area contributed by atoms with E-state index in [0.29, 0.717) is 11.1 Å². The number of H-pyrrole nitrogens is 1. The van der Waals surface area contributed by atoms with Gasteiger partial charge in [-0.15, -0.1) is 0 Å². The van der Waals surface area contributed by atoms with Gasteiger partial charge in [-0.2, -0.15) is 0 Å². The third kappa shape index (κ3) is 3.50. The molecule has 0 radical (unpaired) electrons. The Bertz CT molecular complexity index is 1300. The topological polar surface area (TPSA) is 72.0 Å². The number of rotatable bonds is 4. The Hall–Kier alpha value is -3.47. The molecule has 1 atom stereocenters. The highest BCUT2D eigenvalue weighted by Crippen LogP contribution is 2.30. The van der Waals surface area contributed by atoms with E-state index in [1.54, 1.807) is 13.1 Å². The van der Waals surface area contributed by atoms with E-state index in [-0.39, 0.29) is 5.78 Å². The summed E-state index contributed by atoms with van der Waals surface area (Å²) >= 11 is 0. The van der Waals surface area contributed by atoms with Gasteiger partial charge < -0.3 is 9.72 Å². The van der Waals surface area contributed by atoms with Crippen molar-refractivity contribution in [2.24, 2.45) is 0 Å². The highest BCUT2D eigenvalue weighted by atomic mass is 16.5. The van der Waals surface area contributed by atoms with Gasteiger partial charge in [-0.1, -0.05) is 42.8 Å². The van der Waals surface area contributed by atoms with Crippen molar-refractivity contribution in [3.63, 3.8) is 0 Å². The number of aryl methyl sites for hydroxylation is 1. The van der Waals surface area contributed by atoms with Crippen LogP contribution in [0.25, 0.3) is 21.8 Å². The number of ketones is 1. The fraction of sp³-hybridized carbons (Fsp3) is 0.269. The van der Waals surface area contributed by atoms with Crippen molar-refractivity contribution in [3.05, 3.63) is 77.1 Å². The van der Waals surface area contributed by atoms with Crippen molar-refractivity contribution in [2.75, 3.05) is 0 Å². The number of Topliss-reactive ketones (excluding diaryl/α,β-unsaturated/α-hetero) is 1. The molecule has 0 saturated heterocycles. The number of carbonyl (C=O) groups is 2. The van der Waals surface area contributed by atoms with Crippen LogP contribution in [-0.4, -0.2) is 27.8 Å². The number of aromatic amines is 1. The zero-order valence-corrected chi connectivity index (χ0v) is 17.5. The number of para-hydroxylation sites is 2. The fourth-order valence-electron chi connectivity index (χ4n) is 4.55. The highest BCUT2D eigenvalue weighted by Gasteiger charge is 2.27. The van der Waals surface area contributed by atoms with E-state index < -0.39 is 12.1 Å². The van der Waals surface area contributed by atoms with Crippen molar-refractivity contribution in [1.82, 2.24) is 9.97 Å². The third-order valence-electron chi connectivity index (χ3n) is 6.13. The summed E-state index contributed by atoms with van der Waals surface area (Å²) in [5.74, 6) is -0.660. The van der Waals surface area contributed by atoms with E-state index in [1.165, 1.54) is 0 Å². The van der Waals surface area contributed by atoms with Gasteiger partial charge in [-0.05, 0) is 50.3 Å². The van der Waals surface area contributed by atoms with Gasteiger partial charge in [0.1, 0.15) is 0 Å². The van der Waals surface area contributed by atoms with E-state index in [4.69, 9.17) is 9.72 Å². The fourth-order valence-corrected chi connectivity index (χ4v) is 4.55. The second-order valence-corrected chi connectivity index (χ2v) is 8.15. The molecular formula is C26H24N2O3.